The fraction of sp³-hybridized carbons (Fsp3) is 0.346. The number of piperidine rings is 1. The minimum atomic E-state index is -0.608. The molecule has 0 spiro atoms. The van der Waals surface area contributed by atoms with Gasteiger partial charge in [0, 0.05) is 36.9 Å². The highest BCUT2D eigenvalue weighted by molar-refractivity contribution is 7.13. The third-order valence-corrected chi connectivity index (χ3v) is 7.05. The van der Waals surface area contributed by atoms with Gasteiger partial charge in [-0.25, -0.2) is 0 Å². The third kappa shape index (κ3) is 5.07. The van der Waals surface area contributed by atoms with Gasteiger partial charge in [-0.3, -0.25) is 14.6 Å². The molecule has 1 unspecified atom stereocenters. The zero-order valence-electron chi connectivity index (χ0n) is 18.4. The molecular formula is C26H29N3O2S. The number of carbonyl (C=O) groups is 2. The number of benzene rings is 1. The molecule has 166 valence electrons. The van der Waals surface area contributed by atoms with E-state index in [1.807, 2.05) is 24.0 Å². The Labute approximate surface area is 193 Å². The van der Waals surface area contributed by atoms with Crippen LogP contribution in [0.2, 0.25) is 0 Å². The highest BCUT2D eigenvalue weighted by Crippen LogP contribution is 2.35. The van der Waals surface area contributed by atoms with Gasteiger partial charge in [0.25, 0.3) is 0 Å². The van der Waals surface area contributed by atoms with Crippen molar-refractivity contribution in [2.75, 3.05) is 19.6 Å². The Hall–Kier alpha value is -2.99. The molecule has 1 atom stereocenters. The number of nitrogens with one attached hydrogen (secondary N) is 1. The number of amides is 2. The van der Waals surface area contributed by atoms with E-state index >= 15 is 0 Å². The van der Waals surface area contributed by atoms with E-state index in [2.05, 4.69) is 52.1 Å². The molecule has 6 heteroatoms. The molecule has 1 aliphatic heterocycles. The van der Waals surface area contributed by atoms with Crippen LogP contribution in [0.4, 0.5) is 0 Å². The highest BCUT2D eigenvalue weighted by Gasteiger charge is 2.43. The van der Waals surface area contributed by atoms with Crippen molar-refractivity contribution in [1.29, 1.82) is 0 Å². The summed E-state index contributed by atoms with van der Waals surface area (Å²) in [7, 11) is 0. The van der Waals surface area contributed by atoms with E-state index in [0.717, 1.165) is 24.0 Å². The molecule has 1 aromatic carbocycles. The lowest BCUT2D eigenvalue weighted by Gasteiger charge is -2.42. The Bertz CT molecular complexity index is 1030. The number of hydrogen-bond donors (Lipinski definition) is 1. The maximum Gasteiger partial charge on any atom is 0.228 e. The molecule has 5 nitrogen and oxygen atoms in total. The average Bonchev–Trinajstić information content (AvgIpc) is 3.36. The first-order chi connectivity index (χ1) is 15.6. The number of likely N-dealkylation sites (tertiary alicyclic amines) is 1. The van der Waals surface area contributed by atoms with Crippen molar-refractivity contribution in [3.05, 3.63) is 77.4 Å². The first-order valence-corrected chi connectivity index (χ1v) is 12.1. The molecule has 4 rings (SSSR count). The van der Waals surface area contributed by atoms with E-state index in [4.69, 9.17) is 0 Å². The maximum absolute atomic E-state index is 13.2. The summed E-state index contributed by atoms with van der Waals surface area (Å²) in [5.74, 6) is 0.0978. The van der Waals surface area contributed by atoms with Gasteiger partial charge in [-0.05, 0) is 60.4 Å². The zero-order chi connectivity index (χ0) is 22.4. The molecule has 1 N–H and O–H groups in total. The van der Waals surface area contributed by atoms with Crippen LogP contribution in [0.15, 0.2) is 66.3 Å². The molecule has 2 aromatic heterocycles. The molecular weight excluding hydrogens is 418 g/mol. The Morgan fingerprint density at radius 3 is 2.66 bits per heavy atom. The quantitative estimate of drug-likeness (QED) is 0.586. The molecule has 0 aliphatic carbocycles. The number of hydrogen-bond acceptors (Lipinski definition) is 4. The molecule has 32 heavy (non-hydrogen) atoms. The summed E-state index contributed by atoms with van der Waals surface area (Å²) in [6.45, 7) is 3.67. The van der Waals surface area contributed by atoms with E-state index < -0.39 is 5.41 Å². The van der Waals surface area contributed by atoms with Crippen molar-refractivity contribution >= 4 is 23.2 Å². The summed E-state index contributed by atoms with van der Waals surface area (Å²) in [6.07, 6.45) is 5.98. The summed E-state index contributed by atoms with van der Waals surface area (Å²) < 4.78 is 0. The van der Waals surface area contributed by atoms with Crippen LogP contribution in [0, 0.1) is 5.41 Å². The summed E-state index contributed by atoms with van der Waals surface area (Å²) in [5, 5.41) is 5.11. The van der Waals surface area contributed by atoms with Crippen molar-refractivity contribution < 1.29 is 9.59 Å². The fourth-order valence-electron chi connectivity index (χ4n) is 4.51. The predicted molar refractivity (Wildman–Crippen MR) is 128 cm³/mol. The number of rotatable bonds is 7. The van der Waals surface area contributed by atoms with E-state index in [1.54, 1.807) is 23.7 Å². The van der Waals surface area contributed by atoms with Gasteiger partial charge in [-0.1, -0.05) is 36.4 Å². The van der Waals surface area contributed by atoms with Crippen molar-refractivity contribution in [3.63, 3.8) is 0 Å². The van der Waals surface area contributed by atoms with Gasteiger partial charge < -0.3 is 10.2 Å². The first kappa shape index (κ1) is 22.2. The second-order valence-corrected chi connectivity index (χ2v) is 9.40. The standard InChI is InChI=1S/C26H29N3O2S/c1-2-28-25(31)26(17-20-8-10-22(11-9-20)23-7-4-15-32-23)12-5-14-29(19-26)24(30)16-21-6-3-13-27-18-21/h3-4,6-11,13,15,18H,2,5,12,14,16-17,19H2,1H3,(H,28,31). The largest absolute Gasteiger partial charge is 0.356 e. The van der Waals surface area contributed by atoms with Gasteiger partial charge in [0.15, 0.2) is 0 Å². The van der Waals surface area contributed by atoms with Gasteiger partial charge in [0.05, 0.1) is 11.8 Å². The van der Waals surface area contributed by atoms with Gasteiger partial charge in [0.2, 0.25) is 11.8 Å². The molecule has 1 fully saturated rings. The summed E-state index contributed by atoms with van der Waals surface area (Å²) in [5.41, 5.74) is 2.60. The van der Waals surface area contributed by atoms with E-state index in [9.17, 15) is 9.59 Å². The number of aromatic nitrogens is 1. The van der Waals surface area contributed by atoms with Crippen LogP contribution in [0.5, 0.6) is 0 Å². The Kier molecular flexibility index (Phi) is 7.00. The molecule has 1 saturated heterocycles. The lowest BCUT2D eigenvalue weighted by molar-refractivity contribution is -0.141. The van der Waals surface area contributed by atoms with E-state index in [-0.39, 0.29) is 11.8 Å². The molecule has 0 bridgehead atoms. The van der Waals surface area contributed by atoms with Crippen LogP contribution in [-0.4, -0.2) is 41.3 Å². The van der Waals surface area contributed by atoms with Gasteiger partial charge >= 0.3 is 0 Å². The Balaban J connectivity index is 1.53. The van der Waals surface area contributed by atoms with Crippen molar-refractivity contribution in [1.82, 2.24) is 15.2 Å². The van der Waals surface area contributed by atoms with Crippen molar-refractivity contribution in [3.8, 4) is 10.4 Å². The third-order valence-electron chi connectivity index (χ3n) is 6.13. The predicted octanol–water partition coefficient (Wildman–Crippen LogP) is 4.34. The van der Waals surface area contributed by atoms with Crippen LogP contribution >= 0.6 is 11.3 Å². The fourth-order valence-corrected chi connectivity index (χ4v) is 5.25. The second-order valence-electron chi connectivity index (χ2n) is 8.45. The van der Waals surface area contributed by atoms with Crippen LogP contribution in [0.25, 0.3) is 10.4 Å². The normalized spacial score (nSPS) is 18.3. The number of thiophene rings is 1. The SMILES string of the molecule is CCNC(=O)C1(Cc2ccc(-c3cccs3)cc2)CCCN(C(=O)Cc2cccnc2)C1. The minimum absolute atomic E-state index is 0.0428. The smallest absolute Gasteiger partial charge is 0.228 e. The summed E-state index contributed by atoms with van der Waals surface area (Å²) >= 11 is 1.72. The molecule has 1 aliphatic rings. The topological polar surface area (TPSA) is 62.3 Å². The van der Waals surface area contributed by atoms with Crippen LogP contribution in [-0.2, 0) is 22.4 Å². The van der Waals surface area contributed by atoms with Gasteiger partial charge in [0.1, 0.15) is 0 Å². The monoisotopic (exact) mass is 447 g/mol. The second kappa shape index (κ2) is 10.1. The van der Waals surface area contributed by atoms with E-state index in [1.165, 1.54) is 10.4 Å². The molecule has 0 saturated carbocycles. The molecule has 2 amide bonds. The van der Waals surface area contributed by atoms with Crippen molar-refractivity contribution in [2.45, 2.75) is 32.6 Å². The molecule has 0 radical (unpaired) electrons. The molecule has 3 aromatic rings. The summed E-state index contributed by atoms with van der Waals surface area (Å²) in [6, 6.07) is 16.4. The van der Waals surface area contributed by atoms with Crippen LogP contribution < -0.4 is 5.32 Å². The van der Waals surface area contributed by atoms with Crippen molar-refractivity contribution in [2.24, 2.45) is 5.41 Å². The lowest BCUT2D eigenvalue weighted by Crippen LogP contribution is -2.54. The van der Waals surface area contributed by atoms with Crippen LogP contribution in [0.3, 0.4) is 0 Å². The maximum atomic E-state index is 13.2. The number of pyridine rings is 1. The first-order valence-electron chi connectivity index (χ1n) is 11.2. The van der Waals surface area contributed by atoms with Crippen LogP contribution in [0.1, 0.15) is 30.9 Å². The number of nitrogens with zero attached hydrogens (tertiary/aromatic N) is 2. The zero-order valence-corrected chi connectivity index (χ0v) is 19.2. The Morgan fingerprint density at radius 1 is 1.12 bits per heavy atom. The molecule has 3 heterocycles. The van der Waals surface area contributed by atoms with E-state index in [0.29, 0.717) is 32.5 Å². The highest BCUT2D eigenvalue weighted by atomic mass is 32.1. The number of carbonyl (C=O) groups excluding carboxylic acids is 2. The summed E-state index contributed by atoms with van der Waals surface area (Å²) in [4.78, 5) is 33.5. The van der Waals surface area contributed by atoms with Gasteiger partial charge in [-0.2, -0.15) is 0 Å². The minimum Gasteiger partial charge on any atom is -0.356 e. The average molecular weight is 448 g/mol. The Morgan fingerprint density at radius 2 is 1.97 bits per heavy atom. The lowest BCUT2D eigenvalue weighted by atomic mass is 9.74. The van der Waals surface area contributed by atoms with Gasteiger partial charge in [-0.15, -0.1) is 11.3 Å².